The number of rotatable bonds is 12. The molecule has 0 fully saturated rings. The molecule has 0 aliphatic carbocycles. The molecule has 1 aromatic heterocycles. The van der Waals surface area contributed by atoms with E-state index in [2.05, 4.69) is 49.2 Å². The summed E-state index contributed by atoms with van der Waals surface area (Å²) in [6, 6.07) is 10.3. The third-order valence-corrected chi connectivity index (χ3v) is 6.53. The van der Waals surface area contributed by atoms with Gasteiger partial charge in [-0.3, -0.25) is 0 Å². The number of fused-ring (bicyclic) bond motifs is 1. The average Bonchev–Trinajstić information content (AvgIpc) is 3.16. The zero-order valence-electron chi connectivity index (χ0n) is 18.7. The Morgan fingerprint density at radius 3 is 2.40 bits per heavy atom. The minimum Gasteiger partial charge on any atom is -0.505 e. The van der Waals surface area contributed by atoms with E-state index in [4.69, 9.17) is 0 Å². The van der Waals surface area contributed by atoms with Gasteiger partial charge in [0.15, 0.2) is 0 Å². The first kappa shape index (κ1) is 22.7. The first-order valence-corrected chi connectivity index (χ1v) is 12.4. The fraction of sp³-hybridized carbons (Fsp3) is 0.520. The second kappa shape index (κ2) is 11.4. The highest BCUT2D eigenvalue weighted by molar-refractivity contribution is 7.99. The molecular formula is C25H35N3OS. The molecule has 0 saturated carbocycles. The predicted octanol–water partition coefficient (Wildman–Crippen LogP) is 7.23. The van der Waals surface area contributed by atoms with Crippen LogP contribution in [0.25, 0.3) is 16.7 Å². The Balaban J connectivity index is 1.70. The smallest absolute Gasteiger partial charge is 0.146 e. The van der Waals surface area contributed by atoms with Crippen molar-refractivity contribution in [3.8, 4) is 11.4 Å². The lowest BCUT2D eigenvalue weighted by Crippen LogP contribution is -2.02. The van der Waals surface area contributed by atoms with E-state index < -0.39 is 0 Å². The van der Waals surface area contributed by atoms with Gasteiger partial charge in [-0.1, -0.05) is 58.4 Å². The van der Waals surface area contributed by atoms with Gasteiger partial charge in [0, 0.05) is 4.90 Å². The number of thioether (sulfide) groups is 1. The van der Waals surface area contributed by atoms with Crippen molar-refractivity contribution in [1.29, 1.82) is 0 Å². The summed E-state index contributed by atoms with van der Waals surface area (Å²) in [5.41, 5.74) is 4.49. The minimum atomic E-state index is 0.298. The molecule has 0 bridgehead atoms. The van der Waals surface area contributed by atoms with Gasteiger partial charge in [-0.25, -0.2) is 0 Å². The van der Waals surface area contributed by atoms with Gasteiger partial charge in [-0.15, -0.1) is 26.8 Å². The number of unbranched alkanes of at least 4 members (excludes halogenated alkanes) is 6. The Labute approximate surface area is 185 Å². The SMILES string of the molecule is CCCCCCCCSc1ccc2nn(-c3cc(C)cc(CCCC)c3O)nc2c1. The third kappa shape index (κ3) is 6.00. The van der Waals surface area contributed by atoms with Gasteiger partial charge in [0.25, 0.3) is 0 Å². The molecule has 0 atom stereocenters. The quantitative estimate of drug-likeness (QED) is 0.246. The van der Waals surface area contributed by atoms with E-state index in [0.717, 1.165) is 47.2 Å². The number of hydrogen-bond donors (Lipinski definition) is 1. The summed E-state index contributed by atoms with van der Waals surface area (Å²) in [4.78, 5) is 2.82. The molecule has 0 amide bonds. The van der Waals surface area contributed by atoms with Crippen LogP contribution in [0.4, 0.5) is 0 Å². The van der Waals surface area contributed by atoms with Gasteiger partial charge in [0.1, 0.15) is 22.5 Å². The monoisotopic (exact) mass is 425 g/mol. The van der Waals surface area contributed by atoms with E-state index in [1.54, 1.807) is 4.80 Å². The molecule has 0 spiro atoms. The number of nitrogens with zero attached hydrogens (tertiary/aromatic N) is 3. The Bertz CT molecular complexity index is 951. The normalized spacial score (nSPS) is 11.4. The third-order valence-electron chi connectivity index (χ3n) is 5.45. The van der Waals surface area contributed by atoms with E-state index in [1.807, 2.05) is 23.9 Å². The molecule has 30 heavy (non-hydrogen) atoms. The maximum absolute atomic E-state index is 10.8. The summed E-state index contributed by atoms with van der Waals surface area (Å²) in [6.45, 7) is 6.48. The molecule has 3 rings (SSSR count). The Hall–Kier alpha value is -2.01. The first-order chi connectivity index (χ1) is 14.6. The number of phenols is 1. The number of hydrogen-bond acceptors (Lipinski definition) is 4. The lowest BCUT2D eigenvalue weighted by molar-refractivity contribution is 0.459. The summed E-state index contributed by atoms with van der Waals surface area (Å²) in [5.74, 6) is 1.44. The molecule has 3 aromatic rings. The average molecular weight is 426 g/mol. The lowest BCUT2D eigenvalue weighted by atomic mass is 10.0. The molecule has 0 saturated heterocycles. The summed E-state index contributed by atoms with van der Waals surface area (Å²) in [6.07, 6.45) is 11.0. The Morgan fingerprint density at radius 1 is 0.867 bits per heavy atom. The molecule has 0 aliphatic rings. The van der Waals surface area contributed by atoms with Crippen molar-refractivity contribution in [2.24, 2.45) is 0 Å². The predicted molar refractivity (Wildman–Crippen MR) is 128 cm³/mol. The zero-order valence-corrected chi connectivity index (χ0v) is 19.5. The summed E-state index contributed by atoms with van der Waals surface area (Å²) >= 11 is 1.89. The number of aromatic nitrogens is 3. The first-order valence-electron chi connectivity index (χ1n) is 11.4. The van der Waals surface area contributed by atoms with Crippen LogP contribution in [-0.2, 0) is 6.42 Å². The Kier molecular flexibility index (Phi) is 8.61. The van der Waals surface area contributed by atoms with Gasteiger partial charge in [-0.2, -0.15) is 0 Å². The van der Waals surface area contributed by atoms with Crippen molar-refractivity contribution in [2.75, 3.05) is 5.75 Å². The van der Waals surface area contributed by atoms with E-state index >= 15 is 0 Å². The van der Waals surface area contributed by atoms with Crippen LogP contribution in [0.1, 0.15) is 76.3 Å². The van der Waals surface area contributed by atoms with E-state index in [-0.39, 0.29) is 0 Å². The van der Waals surface area contributed by atoms with Crippen molar-refractivity contribution in [2.45, 2.75) is 83.5 Å². The number of aryl methyl sites for hydroxylation is 2. The minimum absolute atomic E-state index is 0.298. The number of phenolic OH excluding ortho intramolecular Hbond substituents is 1. The second-order valence-corrected chi connectivity index (χ2v) is 9.32. The highest BCUT2D eigenvalue weighted by atomic mass is 32.2. The molecular weight excluding hydrogens is 390 g/mol. The van der Waals surface area contributed by atoms with Gasteiger partial charge in [-0.05, 0) is 67.3 Å². The molecule has 1 N–H and O–H groups in total. The van der Waals surface area contributed by atoms with E-state index in [1.165, 1.54) is 43.4 Å². The summed E-state index contributed by atoms with van der Waals surface area (Å²) in [7, 11) is 0. The fourth-order valence-electron chi connectivity index (χ4n) is 3.71. The van der Waals surface area contributed by atoms with Crippen molar-refractivity contribution >= 4 is 22.8 Å². The molecule has 4 nitrogen and oxygen atoms in total. The Morgan fingerprint density at radius 2 is 1.60 bits per heavy atom. The van der Waals surface area contributed by atoms with E-state index in [9.17, 15) is 5.11 Å². The van der Waals surface area contributed by atoms with Crippen LogP contribution in [0.5, 0.6) is 5.75 Å². The van der Waals surface area contributed by atoms with Crippen molar-refractivity contribution in [1.82, 2.24) is 15.0 Å². The van der Waals surface area contributed by atoms with Crippen molar-refractivity contribution < 1.29 is 5.11 Å². The second-order valence-electron chi connectivity index (χ2n) is 8.15. The molecule has 0 unspecified atom stereocenters. The molecule has 0 aliphatic heterocycles. The van der Waals surface area contributed by atoms with Gasteiger partial charge in [0.05, 0.1) is 0 Å². The molecule has 162 valence electrons. The van der Waals surface area contributed by atoms with Crippen LogP contribution in [0.15, 0.2) is 35.2 Å². The van der Waals surface area contributed by atoms with Crippen LogP contribution in [0.2, 0.25) is 0 Å². The van der Waals surface area contributed by atoms with Crippen LogP contribution in [0.3, 0.4) is 0 Å². The highest BCUT2D eigenvalue weighted by Crippen LogP contribution is 2.30. The fourth-order valence-corrected chi connectivity index (χ4v) is 4.65. The van der Waals surface area contributed by atoms with Crippen LogP contribution in [-0.4, -0.2) is 25.9 Å². The number of benzene rings is 2. The van der Waals surface area contributed by atoms with E-state index in [0.29, 0.717) is 11.4 Å². The maximum atomic E-state index is 10.8. The van der Waals surface area contributed by atoms with Crippen LogP contribution >= 0.6 is 11.8 Å². The van der Waals surface area contributed by atoms with Crippen molar-refractivity contribution in [3.05, 3.63) is 41.5 Å². The highest BCUT2D eigenvalue weighted by Gasteiger charge is 2.14. The molecule has 2 aromatic carbocycles. The summed E-state index contributed by atoms with van der Waals surface area (Å²) < 4.78 is 0. The largest absolute Gasteiger partial charge is 0.505 e. The topological polar surface area (TPSA) is 50.9 Å². The van der Waals surface area contributed by atoms with Gasteiger partial charge < -0.3 is 5.11 Å². The van der Waals surface area contributed by atoms with Crippen LogP contribution < -0.4 is 0 Å². The molecule has 5 heteroatoms. The molecule has 1 heterocycles. The van der Waals surface area contributed by atoms with Gasteiger partial charge >= 0.3 is 0 Å². The van der Waals surface area contributed by atoms with Gasteiger partial charge in [0.2, 0.25) is 0 Å². The van der Waals surface area contributed by atoms with Crippen molar-refractivity contribution in [3.63, 3.8) is 0 Å². The summed E-state index contributed by atoms with van der Waals surface area (Å²) in [5, 5.41) is 20.1. The molecule has 0 radical (unpaired) electrons. The lowest BCUT2D eigenvalue weighted by Gasteiger charge is -2.10. The standard InChI is InChI=1S/C25H35N3OS/c1-4-6-8-9-10-11-15-30-21-13-14-22-23(18-21)27-28(26-22)24-17-19(3)16-20(25(24)29)12-7-5-2/h13-14,16-18,29H,4-12,15H2,1-3H3. The zero-order chi connectivity index (χ0) is 21.3. The van der Waals surface area contributed by atoms with Crippen LogP contribution in [0, 0.1) is 6.92 Å². The maximum Gasteiger partial charge on any atom is 0.146 e. The number of aromatic hydroxyl groups is 1.